The number of benzene rings is 1. The molecule has 2 heterocycles. The number of carbonyl (C=O) groups is 1. The molecule has 2 aromatic rings. The molecule has 4 nitrogen and oxygen atoms in total. The van der Waals surface area contributed by atoms with Crippen molar-refractivity contribution in [2.45, 2.75) is 19.9 Å². The maximum atomic E-state index is 12.1. The Labute approximate surface area is 105 Å². The van der Waals surface area contributed by atoms with Gasteiger partial charge in [-0.15, -0.1) is 0 Å². The number of anilines is 2. The van der Waals surface area contributed by atoms with Crippen molar-refractivity contribution in [3.8, 4) is 0 Å². The van der Waals surface area contributed by atoms with Gasteiger partial charge in [-0.1, -0.05) is 18.2 Å². The standard InChI is InChI=1S/C14H14N2O2/c1-8-4-3-5-9(2)12(8)13-14(17)16-11-7-18-6-10(11)15-13/h3-7,13,15H,1-2H3,(H,16,17). The summed E-state index contributed by atoms with van der Waals surface area (Å²) in [5.41, 5.74) is 4.76. The van der Waals surface area contributed by atoms with Crippen LogP contribution >= 0.6 is 0 Å². The van der Waals surface area contributed by atoms with Gasteiger partial charge in [0, 0.05) is 0 Å². The topological polar surface area (TPSA) is 54.3 Å². The maximum absolute atomic E-state index is 12.1. The van der Waals surface area contributed by atoms with Crippen LogP contribution in [0.25, 0.3) is 0 Å². The molecule has 1 aromatic carbocycles. The highest BCUT2D eigenvalue weighted by Crippen LogP contribution is 2.35. The van der Waals surface area contributed by atoms with Gasteiger partial charge in [0.1, 0.15) is 24.3 Å². The van der Waals surface area contributed by atoms with E-state index in [9.17, 15) is 4.79 Å². The Hall–Kier alpha value is -2.23. The summed E-state index contributed by atoms with van der Waals surface area (Å²) in [6.07, 6.45) is 3.14. The van der Waals surface area contributed by atoms with Crippen molar-refractivity contribution >= 4 is 17.3 Å². The Balaban J connectivity index is 2.06. The number of amides is 1. The Kier molecular flexibility index (Phi) is 2.37. The minimum atomic E-state index is -0.365. The molecule has 1 aromatic heterocycles. The molecule has 3 rings (SSSR count). The Morgan fingerprint density at radius 1 is 1.11 bits per heavy atom. The van der Waals surface area contributed by atoms with Gasteiger partial charge in [0.2, 0.25) is 0 Å². The largest absolute Gasteiger partial charge is 0.468 e. The quantitative estimate of drug-likeness (QED) is 0.808. The minimum Gasteiger partial charge on any atom is -0.468 e. The highest BCUT2D eigenvalue weighted by Gasteiger charge is 2.29. The fourth-order valence-corrected chi connectivity index (χ4v) is 2.42. The van der Waals surface area contributed by atoms with Gasteiger partial charge in [0.05, 0.1) is 5.69 Å². The van der Waals surface area contributed by atoms with E-state index < -0.39 is 0 Å². The van der Waals surface area contributed by atoms with E-state index in [-0.39, 0.29) is 11.9 Å². The number of rotatable bonds is 1. The molecule has 92 valence electrons. The molecule has 0 aliphatic carbocycles. The highest BCUT2D eigenvalue weighted by molar-refractivity contribution is 6.03. The second-order valence-electron chi connectivity index (χ2n) is 4.57. The van der Waals surface area contributed by atoms with E-state index in [1.54, 1.807) is 6.26 Å². The monoisotopic (exact) mass is 242 g/mol. The minimum absolute atomic E-state index is 0.0544. The zero-order valence-corrected chi connectivity index (χ0v) is 10.3. The maximum Gasteiger partial charge on any atom is 0.251 e. The number of nitrogens with one attached hydrogen (secondary N) is 2. The van der Waals surface area contributed by atoms with E-state index in [1.807, 2.05) is 32.0 Å². The summed E-state index contributed by atoms with van der Waals surface area (Å²) in [5.74, 6) is -0.0544. The second-order valence-corrected chi connectivity index (χ2v) is 4.57. The number of furan rings is 1. The highest BCUT2D eigenvalue weighted by atomic mass is 16.3. The van der Waals surface area contributed by atoms with E-state index >= 15 is 0 Å². The van der Waals surface area contributed by atoms with Crippen LogP contribution in [0.4, 0.5) is 11.4 Å². The summed E-state index contributed by atoms with van der Waals surface area (Å²) < 4.78 is 5.08. The average molecular weight is 242 g/mol. The first-order chi connectivity index (χ1) is 8.66. The first-order valence-electron chi connectivity index (χ1n) is 5.86. The van der Waals surface area contributed by atoms with E-state index in [2.05, 4.69) is 10.6 Å². The molecule has 1 aliphatic rings. The first kappa shape index (κ1) is 10.9. The Morgan fingerprint density at radius 2 is 1.78 bits per heavy atom. The summed E-state index contributed by atoms with van der Waals surface area (Å²) >= 11 is 0. The van der Waals surface area contributed by atoms with Gasteiger partial charge >= 0.3 is 0 Å². The van der Waals surface area contributed by atoms with Gasteiger partial charge in [0.15, 0.2) is 0 Å². The average Bonchev–Trinajstić information content (AvgIpc) is 2.76. The van der Waals surface area contributed by atoms with Crippen LogP contribution < -0.4 is 10.6 Å². The van der Waals surface area contributed by atoms with Crippen LogP contribution in [0.3, 0.4) is 0 Å². The van der Waals surface area contributed by atoms with Crippen molar-refractivity contribution in [1.29, 1.82) is 0 Å². The molecule has 1 aliphatic heterocycles. The van der Waals surface area contributed by atoms with E-state index in [0.29, 0.717) is 5.69 Å². The SMILES string of the molecule is Cc1cccc(C)c1C1Nc2cocc2NC1=O. The van der Waals surface area contributed by atoms with Gasteiger partial charge in [-0.2, -0.15) is 0 Å². The first-order valence-corrected chi connectivity index (χ1v) is 5.86. The van der Waals surface area contributed by atoms with E-state index in [0.717, 1.165) is 22.4 Å². The predicted molar refractivity (Wildman–Crippen MR) is 69.6 cm³/mol. The lowest BCUT2D eigenvalue weighted by atomic mass is 9.94. The Morgan fingerprint density at radius 3 is 2.50 bits per heavy atom. The molecule has 0 spiro atoms. The number of carbonyl (C=O) groups excluding carboxylic acids is 1. The smallest absolute Gasteiger partial charge is 0.251 e. The third kappa shape index (κ3) is 1.57. The fourth-order valence-electron chi connectivity index (χ4n) is 2.42. The molecule has 2 N–H and O–H groups in total. The number of fused-ring (bicyclic) bond motifs is 1. The molecule has 0 bridgehead atoms. The zero-order valence-electron chi connectivity index (χ0n) is 10.3. The summed E-state index contributed by atoms with van der Waals surface area (Å²) in [4.78, 5) is 12.1. The van der Waals surface area contributed by atoms with E-state index in [1.165, 1.54) is 6.26 Å². The van der Waals surface area contributed by atoms with Crippen LogP contribution in [0.2, 0.25) is 0 Å². The Bertz CT molecular complexity index is 596. The molecule has 18 heavy (non-hydrogen) atoms. The summed E-state index contributed by atoms with van der Waals surface area (Å²) in [7, 11) is 0. The third-order valence-electron chi connectivity index (χ3n) is 3.31. The lowest BCUT2D eigenvalue weighted by Crippen LogP contribution is -2.32. The predicted octanol–water partition coefficient (Wildman–Crippen LogP) is 3.00. The summed E-state index contributed by atoms with van der Waals surface area (Å²) in [5, 5.41) is 6.07. The van der Waals surface area contributed by atoms with Crippen molar-refractivity contribution in [2.75, 3.05) is 10.6 Å². The van der Waals surface area contributed by atoms with Gasteiger partial charge < -0.3 is 15.1 Å². The van der Waals surface area contributed by atoms with Crippen LogP contribution in [0.1, 0.15) is 22.7 Å². The molecular weight excluding hydrogens is 228 g/mol. The van der Waals surface area contributed by atoms with Crippen LogP contribution in [0.5, 0.6) is 0 Å². The fraction of sp³-hybridized carbons (Fsp3) is 0.214. The normalized spacial score (nSPS) is 17.9. The van der Waals surface area contributed by atoms with Crippen LogP contribution in [0, 0.1) is 13.8 Å². The molecule has 0 fully saturated rings. The second kappa shape index (κ2) is 3.91. The van der Waals surface area contributed by atoms with Crippen molar-refractivity contribution in [1.82, 2.24) is 0 Å². The van der Waals surface area contributed by atoms with Crippen molar-refractivity contribution < 1.29 is 9.21 Å². The van der Waals surface area contributed by atoms with Crippen molar-refractivity contribution in [3.63, 3.8) is 0 Å². The van der Waals surface area contributed by atoms with E-state index in [4.69, 9.17) is 4.42 Å². The summed E-state index contributed by atoms with van der Waals surface area (Å²) in [6.45, 7) is 4.03. The molecule has 1 unspecified atom stereocenters. The van der Waals surface area contributed by atoms with Gasteiger partial charge in [-0.25, -0.2) is 0 Å². The molecule has 1 atom stereocenters. The third-order valence-corrected chi connectivity index (χ3v) is 3.31. The van der Waals surface area contributed by atoms with Gasteiger partial charge in [-0.05, 0) is 30.5 Å². The van der Waals surface area contributed by atoms with Crippen LogP contribution in [-0.2, 0) is 4.79 Å². The molecule has 1 amide bonds. The molecule has 4 heteroatoms. The molecule has 0 radical (unpaired) electrons. The van der Waals surface area contributed by atoms with Crippen molar-refractivity contribution in [2.24, 2.45) is 0 Å². The summed E-state index contributed by atoms with van der Waals surface area (Å²) in [6, 6.07) is 5.67. The van der Waals surface area contributed by atoms with Gasteiger partial charge in [-0.3, -0.25) is 4.79 Å². The van der Waals surface area contributed by atoms with Gasteiger partial charge in [0.25, 0.3) is 5.91 Å². The molecular formula is C14H14N2O2. The lowest BCUT2D eigenvalue weighted by Gasteiger charge is -2.26. The molecule has 0 saturated heterocycles. The number of hydrogen-bond donors (Lipinski definition) is 2. The van der Waals surface area contributed by atoms with Crippen LogP contribution in [-0.4, -0.2) is 5.91 Å². The zero-order chi connectivity index (χ0) is 12.7. The number of aryl methyl sites for hydroxylation is 2. The lowest BCUT2D eigenvalue weighted by molar-refractivity contribution is -0.117. The number of hydrogen-bond acceptors (Lipinski definition) is 3. The molecule has 0 saturated carbocycles. The van der Waals surface area contributed by atoms with Crippen molar-refractivity contribution in [3.05, 3.63) is 47.4 Å². The van der Waals surface area contributed by atoms with Crippen LogP contribution in [0.15, 0.2) is 35.1 Å².